The predicted molar refractivity (Wildman–Crippen MR) is 96.3 cm³/mol. The number of alkyl halides is 3. The molecule has 0 amide bonds. The number of hydrogen-bond acceptors (Lipinski definition) is 4. The first-order chi connectivity index (χ1) is 12.9. The third kappa shape index (κ3) is 5.92. The Kier molecular flexibility index (Phi) is 6.30. The van der Waals surface area contributed by atoms with Gasteiger partial charge in [-0.15, -0.1) is 0 Å². The van der Waals surface area contributed by atoms with Crippen molar-refractivity contribution in [3.05, 3.63) is 23.8 Å². The molecular formula is C18H25F3N4O2. The van der Waals surface area contributed by atoms with Gasteiger partial charge in [-0.1, -0.05) is 6.07 Å². The second-order valence-electron chi connectivity index (χ2n) is 6.74. The molecule has 150 valence electrons. The maximum absolute atomic E-state index is 12.5. The molecule has 1 unspecified atom stereocenters. The van der Waals surface area contributed by atoms with Gasteiger partial charge in [0, 0.05) is 39.1 Å². The minimum absolute atomic E-state index is 0.0534. The molecule has 6 nitrogen and oxygen atoms in total. The van der Waals surface area contributed by atoms with Gasteiger partial charge in [0.2, 0.25) is 0 Å². The summed E-state index contributed by atoms with van der Waals surface area (Å²) in [7, 11) is 1.64. The summed E-state index contributed by atoms with van der Waals surface area (Å²) < 4.78 is 48.8. The van der Waals surface area contributed by atoms with Crippen LogP contribution in [0.3, 0.4) is 0 Å². The Bertz CT molecular complexity index is 666. The molecule has 0 radical (unpaired) electrons. The first kappa shape index (κ1) is 19.6. The van der Waals surface area contributed by atoms with E-state index in [1.165, 1.54) is 4.90 Å². The maximum Gasteiger partial charge on any atom is 0.401 e. The fourth-order valence-electron chi connectivity index (χ4n) is 3.24. The SMILES string of the molecule is CN=C(NCc1ccc2c(c1)OCCCO2)NC1CCN(CC(F)(F)F)C1. The number of rotatable bonds is 4. The quantitative estimate of drug-likeness (QED) is 0.614. The number of benzene rings is 1. The van der Waals surface area contributed by atoms with Crippen LogP contribution in [0.25, 0.3) is 0 Å². The molecule has 27 heavy (non-hydrogen) atoms. The van der Waals surface area contributed by atoms with E-state index in [2.05, 4.69) is 15.6 Å². The molecule has 1 saturated heterocycles. The Hall–Kier alpha value is -2.16. The molecule has 2 heterocycles. The van der Waals surface area contributed by atoms with Crippen LogP contribution in [0, 0.1) is 0 Å². The molecule has 0 aromatic heterocycles. The van der Waals surface area contributed by atoms with Gasteiger partial charge in [-0.2, -0.15) is 13.2 Å². The zero-order valence-electron chi connectivity index (χ0n) is 15.3. The lowest BCUT2D eigenvalue weighted by Gasteiger charge is -2.20. The van der Waals surface area contributed by atoms with E-state index < -0.39 is 12.7 Å². The summed E-state index contributed by atoms with van der Waals surface area (Å²) in [6.45, 7) is 1.71. The largest absolute Gasteiger partial charge is 0.490 e. The van der Waals surface area contributed by atoms with Gasteiger partial charge in [0.05, 0.1) is 19.8 Å². The summed E-state index contributed by atoms with van der Waals surface area (Å²) >= 11 is 0. The number of likely N-dealkylation sites (tertiary alicyclic amines) is 1. The highest BCUT2D eigenvalue weighted by atomic mass is 19.4. The predicted octanol–water partition coefficient (Wildman–Crippen LogP) is 2.15. The first-order valence-electron chi connectivity index (χ1n) is 9.08. The maximum atomic E-state index is 12.5. The minimum atomic E-state index is -4.16. The van der Waals surface area contributed by atoms with Crippen molar-refractivity contribution in [1.29, 1.82) is 0 Å². The normalized spacial score (nSPS) is 21.0. The van der Waals surface area contributed by atoms with Gasteiger partial charge in [-0.25, -0.2) is 0 Å². The molecule has 1 atom stereocenters. The van der Waals surface area contributed by atoms with E-state index in [-0.39, 0.29) is 6.04 Å². The van der Waals surface area contributed by atoms with Crippen molar-refractivity contribution in [2.75, 3.05) is 39.9 Å². The van der Waals surface area contributed by atoms with Crippen LogP contribution >= 0.6 is 0 Å². The van der Waals surface area contributed by atoms with Gasteiger partial charge < -0.3 is 20.1 Å². The number of nitrogens with one attached hydrogen (secondary N) is 2. The minimum Gasteiger partial charge on any atom is -0.490 e. The molecule has 0 aliphatic carbocycles. The van der Waals surface area contributed by atoms with Crippen molar-refractivity contribution in [2.45, 2.75) is 31.6 Å². The van der Waals surface area contributed by atoms with Crippen molar-refractivity contribution in [3.63, 3.8) is 0 Å². The van der Waals surface area contributed by atoms with E-state index in [1.807, 2.05) is 18.2 Å². The van der Waals surface area contributed by atoms with E-state index in [0.717, 1.165) is 23.5 Å². The van der Waals surface area contributed by atoms with Gasteiger partial charge in [0.15, 0.2) is 17.5 Å². The Morgan fingerprint density at radius 1 is 1.26 bits per heavy atom. The van der Waals surface area contributed by atoms with E-state index in [0.29, 0.717) is 45.2 Å². The second-order valence-corrected chi connectivity index (χ2v) is 6.74. The molecule has 3 rings (SSSR count). The smallest absolute Gasteiger partial charge is 0.401 e. The number of nitrogens with zero attached hydrogens (tertiary/aromatic N) is 2. The van der Waals surface area contributed by atoms with E-state index in [9.17, 15) is 13.2 Å². The van der Waals surface area contributed by atoms with Crippen molar-refractivity contribution in [1.82, 2.24) is 15.5 Å². The molecule has 0 saturated carbocycles. The Balaban J connectivity index is 1.49. The highest BCUT2D eigenvalue weighted by Gasteiger charge is 2.34. The van der Waals surface area contributed by atoms with Crippen LogP contribution in [0.4, 0.5) is 13.2 Å². The topological polar surface area (TPSA) is 58.1 Å². The second kappa shape index (κ2) is 8.69. The Morgan fingerprint density at radius 2 is 2.04 bits per heavy atom. The van der Waals surface area contributed by atoms with E-state index >= 15 is 0 Å². The van der Waals surface area contributed by atoms with Crippen LogP contribution in [0.2, 0.25) is 0 Å². The summed E-state index contributed by atoms with van der Waals surface area (Å²) in [5, 5.41) is 6.40. The highest BCUT2D eigenvalue weighted by Crippen LogP contribution is 2.30. The number of halogens is 3. The fraction of sp³-hybridized carbons (Fsp3) is 0.611. The number of guanidine groups is 1. The standard InChI is InChI=1S/C18H25F3N4O2/c1-22-17(24-14-5-6-25(11-14)12-18(19,20)21)23-10-13-3-4-15-16(9-13)27-8-2-7-26-15/h3-4,9,14H,2,5-8,10-12H2,1H3,(H2,22,23,24). The molecule has 1 aromatic rings. The average molecular weight is 386 g/mol. The number of ether oxygens (including phenoxy) is 2. The zero-order valence-corrected chi connectivity index (χ0v) is 15.3. The van der Waals surface area contributed by atoms with Crippen LogP contribution in [0.1, 0.15) is 18.4 Å². The van der Waals surface area contributed by atoms with Crippen molar-refractivity contribution in [3.8, 4) is 11.5 Å². The average Bonchev–Trinajstić information content (AvgIpc) is 2.90. The summed E-state index contributed by atoms with van der Waals surface area (Å²) in [6.07, 6.45) is -2.65. The molecule has 2 aliphatic heterocycles. The van der Waals surface area contributed by atoms with Crippen LogP contribution in [-0.2, 0) is 6.54 Å². The monoisotopic (exact) mass is 386 g/mol. The summed E-state index contributed by atoms with van der Waals surface area (Å²) in [4.78, 5) is 5.58. The molecular weight excluding hydrogens is 361 g/mol. The lowest BCUT2D eigenvalue weighted by atomic mass is 10.2. The third-order valence-electron chi connectivity index (χ3n) is 4.51. The van der Waals surface area contributed by atoms with Crippen molar-refractivity contribution >= 4 is 5.96 Å². The van der Waals surface area contributed by atoms with Gasteiger partial charge in [0.1, 0.15) is 0 Å². The van der Waals surface area contributed by atoms with Crippen LogP contribution in [0.15, 0.2) is 23.2 Å². The van der Waals surface area contributed by atoms with Gasteiger partial charge in [0.25, 0.3) is 0 Å². The molecule has 0 spiro atoms. The van der Waals surface area contributed by atoms with Crippen LogP contribution in [0.5, 0.6) is 11.5 Å². The number of aliphatic imine (C=N–C) groups is 1. The van der Waals surface area contributed by atoms with Crippen molar-refractivity contribution < 1.29 is 22.6 Å². The van der Waals surface area contributed by atoms with Gasteiger partial charge in [-0.05, 0) is 24.1 Å². The summed E-state index contributed by atoms with van der Waals surface area (Å²) in [5.41, 5.74) is 1.01. The number of fused-ring (bicyclic) bond motifs is 1. The van der Waals surface area contributed by atoms with Crippen LogP contribution in [-0.4, -0.2) is 63.0 Å². The van der Waals surface area contributed by atoms with Crippen LogP contribution < -0.4 is 20.1 Å². The Morgan fingerprint density at radius 3 is 2.78 bits per heavy atom. The molecule has 0 bridgehead atoms. The van der Waals surface area contributed by atoms with Gasteiger partial charge in [-0.3, -0.25) is 9.89 Å². The highest BCUT2D eigenvalue weighted by molar-refractivity contribution is 5.80. The fourth-order valence-corrected chi connectivity index (χ4v) is 3.24. The summed E-state index contributed by atoms with van der Waals surface area (Å²) in [6, 6.07) is 5.72. The zero-order chi connectivity index (χ0) is 19.3. The number of hydrogen-bond donors (Lipinski definition) is 2. The third-order valence-corrected chi connectivity index (χ3v) is 4.51. The molecule has 9 heteroatoms. The molecule has 2 aliphatic rings. The first-order valence-corrected chi connectivity index (χ1v) is 9.08. The summed E-state index contributed by atoms with van der Waals surface area (Å²) in [5.74, 6) is 2.05. The Labute approximate surface area is 156 Å². The molecule has 1 fully saturated rings. The van der Waals surface area contributed by atoms with E-state index in [4.69, 9.17) is 9.47 Å². The molecule has 2 N–H and O–H groups in total. The molecule has 1 aromatic carbocycles. The van der Waals surface area contributed by atoms with Crippen molar-refractivity contribution in [2.24, 2.45) is 4.99 Å². The van der Waals surface area contributed by atoms with Gasteiger partial charge >= 0.3 is 6.18 Å². The lowest BCUT2D eigenvalue weighted by molar-refractivity contribution is -0.143. The van der Waals surface area contributed by atoms with E-state index in [1.54, 1.807) is 7.05 Å². The lowest BCUT2D eigenvalue weighted by Crippen LogP contribution is -2.44.